The van der Waals surface area contributed by atoms with Crippen LogP contribution in [-0.4, -0.2) is 17.1 Å². The molecule has 1 N–H and O–H groups in total. The summed E-state index contributed by atoms with van der Waals surface area (Å²) in [4.78, 5) is 27.8. The number of nitriles is 1. The highest BCUT2D eigenvalue weighted by molar-refractivity contribution is 8.05. The van der Waals surface area contributed by atoms with Crippen molar-refractivity contribution in [3.63, 3.8) is 0 Å². The van der Waals surface area contributed by atoms with Gasteiger partial charge >= 0.3 is 0 Å². The van der Waals surface area contributed by atoms with Crippen LogP contribution >= 0.6 is 23.4 Å². The van der Waals surface area contributed by atoms with E-state index in [0.717, 1.165) is 17.3 Å². The van der Waals surface area contributed by atoms with Crippen LogP contribution in [0.4, 0.5) is 15.8 Å². The van der Waals surface area contributed by atoms with E-state index in [-0.39, 0.29) is 22.3 Å². The number of carbonyl (C=O) groups excluding carboxylic acids is 2. The van der Waals surface area contributed by atoms with Gasteiger partial charge in [-0.2, -0.15) is 5.26 Å². The van der Waals surface area contributed by atoms with Crippen molar-refractivity contribution < 1.29 is 14.0 Å². The SMILES string of the molecule is N#CC(C(=O)Nc1ccc(Cl)cc1)=C1SC(Cc2ccc(F)cc2)C(=O)N1c1ccccc1. The second-order valence-corrected chi connectivity index (χ2v) is 8.83. The van der Waals surface area contributed by atoms with E-state index in [9.17, 15) is 19.2 Å². The lowest BCUT2D eigenvalue weighted by atomic mass is 10.1. The van der Waals surface area contributed by atoms with Gasteiger partial charge in [0.2, 0.25) is 5.91 Å². The van der Waals surface area contributed by atoms with E-state index in [1.54, 1.807) is 60.7 Å². The van der Waals surface area contributed by atoms with Crippen LogP contribution in [0.5, 0.6) is 0 Å². The quantitative estimate of drug-likeness (QED) is 0.386. The number of carbonyl (C=O) groups is 2. The first-order chi connectivity index (χ1) is 16.0. The molecular formula is C25H17ClFN3O2S. The predicted molar refractivity (Wildman–Crippen MR) is 128 cm³/mol. The summed E-state index contributed by atoms with van der Waals surface area (Å²) >= 11 is 7.05. The van der Waals surface area contributed by atoms with Gasteiger partial charge in [0.1, 0.15) is 22.5 Å². The molecule has 0 aliphatic carbocycles. The Hall–Kier alpha value is -3.60. The van der Waals surface area contributed by atoms with E-state index >= 15 is 0 Å². The number of hydrogen-bond donors (Lipinski definition) is 1. The van der Waals surface area contributed by atoms with E-state index < -0.39 is 11.2 Å². The molecule has 3 aromatic carbocycles. The second kappa shape index (κ2) is 9.90. The first-order valence-corrected chi connectivity index (χ1v) is 11.2. The molecule has 0 bridgehead atoms. The molecule has 164 valence electrons. The Labute approximate surface area is 199 Å². The third kappa shape index (κ3) is 5.08. The van der Waals surface area contributed by atoms with Gasteiger partial charge in [0.25, 0.3) is 5.91 Å². The minimum Gasteiger partial charge on any atom is -0.321 e. The zero-order valence-corrected chi connectivity index (χ0v) is 18.7. The van der Waals surface area contributed by atoms with Crippen molar-refractivity contribution in [2.45, 2.75) is 11.7 Å². The number of nitrogens with zero attached hydrogens (tertiary/aromatic N) is 2. The Morgan fingerprint density at radius 2 is 1.73 bits per heavy atom. The minimum atomic E-state index is -0.626. The first-order valence-electron chi connectivity index (χ1n) is 9.97. The van der Waals surface area contributed by atoms with Crippen LogP contribution in [0.15, 0.2) is 89.5 Å². The van der Waals surface area contributed by atoms with Gasteiger partial charge in [-0.3, -0.25) is 14.5 Å². The molecule has 3 aromatic rings. The van der Waals surface area contributed by atoms with E-state index in [0.29, 0.717) is 22.8 Å². The molecule has 1 atom stereocenters. The van der Waals surface area contributed by atoms with E-state index in [1.165, 1.54) is 17.0 Å². The van der Waals surface area contributed by atoms with E-state index in [1.807, 2.05) is 12.1 Å². The van der Waals surface area contributed by atoms with Crippen molar-refractivity contribution in [3.05, 3.63) is 106 Å². The molecule has 33 heavy (non-hydrogen) atoms. The second-order valence-electron chi connectivity index (χ2n) is 7.20. The highest BCUT2D eigenvalue weighted by Gasteiger charge is 2.40. The molecular weight excluding hydrogens is 461 g/mol. The summed E-state index contributed by atoms with van der Waals surface area (Å²) in [5, 5.41) is 12.7. The Morgan fingerprint density at radius 3 is 2.36 bits per heavy atom. The van der Waals surface area contributed by atoms with Gasteiger partial charge in [-0.05, 0) is 60.5 Å². The third-order valence-corrected chi connectivity index (χ3v) is 6.47. The lowest BCUT2D eigenvalue weighted by Gasteiger charge is -2.18. The third-order valence-electron chi connectivity index (χ3n) is 4.96. The Morgan fingerprint density at radius 1 is 1.06 bits per heavy atom. The van der Waals surface area contributed by atoms with Crippen LogP contribution in [0.3, 0.4) is 0 Å². The summed E-state index contributed by atoms with van der Waals surface area (Å²) in [7, 11) is 0. The minimum absolute atomic E-state index is 0.172. The van der Waals surface area contributed by atoms with Gasteiger partial charge in [-0.1, -0.05) is 53.7 Å². The summed E-state index contributed by atoms with van der Waals surface area (Å²) in [6.07, 6.45) is 0.328. The average molecular weight is 478 g/mol. The topological polar surface area (TPSA) is 73.2 Å². The number of halogens is 2. The van der Waals surface area contributed by atoms with Crippen molar-refractivity contribution in [3.8, 4) is 6.07 Å². The maximum absolute atomic E-state index is 13.4. The number of anilines is 2. The summed E-state index contributed by atoms with van der Waals surface area (Å²) in [6, 6.07) is 23.2. The zero-order valence-electron chi connectivity index (χ0n) is 17.2. The summed E-state index contributed by atoms with van der Waals surface area (Å²) in [6.45, 7) is 0. The Kier molecular flexibility index (Phi) is 6.78. The molecule has 1 saturated heterocycles. The van der Waals surface area contributed by atoms with Gasteiger partial charge in [0.15, 0.2) is 0 Å². The molecule has 0 radical (unpaired) electrons. The molecule has 2 amide bonds. The fourth-order valence-electron chi connectivity index (χ4n) is 3.36. The number of hydrogen-bond acceptors (Lipinski definition) is 4. The lowest BCUT2D eigenvalue weighted by Crippen LogP contribution is -2.30. The number of para-hydroxylation sites is 1. The highest BCUT2D eigenvalue weighted by Crippen LogP contribution is 2.42. The van der Waals surface area contributed by atoms with Crippen molar-refractivity contribution in [2.75, 3.05) is 10.2 Å². The first kappa shape index (κ1) is 22.6. The predicted octanol–water partition coefficient (Wildman–Crippen LogP) is 5.54. The van der Waals surface area contributed by atoms with E-state index in [4.69, 9.17) is 11.6 Å². The monoisotopic (exact) mass is 477 g/mol. The molecule has 0 aromatic heterocycles. The van der Waals surface area contributed by atoms with Crippen molar-refractivity contribution in [1.82, 2.24) is 0 Å². The smallest absolute Gasteiger partial charge is 0.269 e. The van der Waals surface area contributed by atoms with Gasteiger partial charge < -0.3 is 5.32 Å². The molecule has 5 nitrogen and oxygen atoms in total. The molecule has 8 heteroatoms. The van der Waals surface area contributed by atoms with Crippen molar-refractivity contribution >= 4 is 46.6 Å². The molecule has 4 rings (SSSR count). The number of rotatable bonds is 5. The maximum atomic E-state index is 13.4. The summed E-state index contributed by atoms with van der Waals surface area (Å²) < 4.78 is 13.3. The molecule has 0 saturated carbocycles. The van der Waals surface area contributed by atoms with Crippen molar-refractivity contribution in [1.29, 1.82) is 5.26 Å². The average Bonchev–Trinajstić information content (AvgIpc) is 3.13. The van der Waals surface area contributed by atoms with Crippen LogP contribution in [0.1, 0.15) is 5.56 Å². The molecule has 1 fully saturated rings. The number of thioether (sulfide) groups is 1. The highest BCUT2D eigenvalue weighted by atomic mass is 35.5. The van der Waals surface area contributed by atoms with Gasteiger partial charge in [0.05, 0.1) is 5.25 Å². The normalized spacial score (nSPS) is 16.9. The number of benzene rings is 3. The Bertz CT molecular complexity index is 1260. The van der Waals surface area contributed by atoms with Crippen LogP contribution in [-0.2, 0) is 16.0 Å². The number of amides is 2. The molecule has 1 unspecified atom stereocenters. The van der Waals surface area contributed by atoms with Crippen LogP contribution in [0.2, 0.25) is 5.02 Å². The zero-order chi connectivity index (χ0) is 23.4. The van der Waals surface area contributed by atoms with Crippen LogP contribution in [0, 0.1) is 17.1 Å². The standard InChI is InChI=1S/C25H17ClFN3O2S/c26-17-8-12-19(13-9-17)29-23(31)21(15-28)25-30(20-4-2-1-3-5-20)24(32)22(33-25)14-16-6-10-18(27)11-7-16/h1-13,22H,14H2,(H,29,31). The summed E-state index contributed by atoms with van der Waals surface area (Å²) in [5.74, 6) is -1.24. The van der Waals surface area contributed by atoms with Crippen molar-refractivity contribution in [2.24, 2.45) is 0 Å². The molecule has 0 spiro atoms. The summed E-state index contributed by atoms with van der Waals surface area (Å²) in [5.41, 5.74) is 1.63. The maximum Gasteiger partial charge on any atom is 0.269 e. The van der Waals surface area contributed by atoms with E-state index in [2.05, 4.69) is 5.32 Å². The fraction of sp³-hybridized carbons (Fsp3) is 0.0800. The molecule has 1 aliphatic heterocycles. The van der Waals surface area contributed by atoms with Gasteiger partial charge in [-0.25, -0.2) is 4.39 Å². The number of nitrogens with one attached hydrogen (secondary N) is 1. The van der Waals surface area contributed by atoms with Gasteiger partial charge in [0, 0.05) is 16.4 Å². The largest absolute Gasteiger partial charge is 0.321 e. The fourth-order valence-corrected chi connectivity index (χ4v) is 4.79. The molecule has 1 aliphatic rings. The lowest BCUT2D eigenvalue weighted by molar-refractivity contribution is -0.117. The molecule has 1 heterocycles. The van der Waals surface area contributed by atoms with Crippen LogP contribution < -0.4 is 10.2 Å². The van der Waals surface area contributed by atoms with Crippen LogP contribution in [0.25, 0.3) is 0 Å². The Balaban J connectivity index is 1.70. The van der Waals surface area contributed by atoms with Gasteiger partial charge in [-0.15, -0.1) is 0 Å².